The van der Waals surface area contributed by atoms with Crippen LogP contribution in [0.4, 0.5) is 0 Å². The molecule has 0 saturated heterocycles. The van der Waals surface area contributed by atoms with Gasteiger partial charge in [-0.05, 0) is 85.5 Å². The minimum absolute atomic E-state index is 0.0218. The average molecular weight is 491 g/mol. The molecule has 0 N–H and O–H groups in total. The highest BCUT2D eigenvalue weighted by molar-refractivity contribution is 6.31. The average Bonchev–Trinajstić information content (AvgIpc) is 3.41. The van der Waals surface area contributed by atoms with Crippen LogP contribution in [0.25, 0.3) is 0 Å². The summed E-state index contributed by atoms with van der Waals surface area (Å²) in [4.78, 5) is 24.6. The van der Waals surface area contributed by atoms with Crippen LogP contribution in [0, 0.1) is 34.5 Å². The monoisotopic (exact) mass is 490 g/mol. The fourth-order valence-electron chi connectivity index (χ4n) is 8.77. The van der Waals surface area contributed by atoms with Crippen molar-refractivity contribution >= 4 is 29.0 Å². The van der Waals surface area contributed by atoms with E-state index in [1.807, 2.05) is 30.3 Å². The van der Waals surface area contributed by atoms with Crippen LogP contribution >= 0.6 is 11.6 Å². The molecular weight excluding hydrogens is 456 g/mol. The van der Waals surface area contributed by atoms with Crippen molar-refractivity contribution in [1.29, 1.82) is 0 Å². The zero-order valence-electron chi connectivity index (χ0n) is 21.0. The van der Waals surface area contributed by atoms with Gasteiger partial charge in [0.1, 0.15) is 0 Å². The number of benzene rings is 1. The molecule has 0 bridgehead atoms. The Balaban J connectivity index is 1.28. The number of ketones is 1. The van der Waals surface area contributed by atoms with Gasteiger partial charge in [0.25, 0.3) is 0 Å². The first kappa shape index (κ1) is 23.2. The SMILES string of the molecule is CC(=O)N1N=C([C@H]2CC[C@H]3[C@@H]4CCC5=CC(=O)C=C[C@]5(C)[C@H]4CC[C@]23C)CC1c1ccccc1Cl. The number of halogens is 1. The van der Waals surface area contributed by atoms with E-state index in [0.717, 1.165) is 24.8 Å². The molecule has 1 aromatic rings. The lowest BCUT2D eigenvalue weighted by Gasteiger charge is -2.57. The minimum Gasteiger partial charge on any atom is -0.290 e. The summed E-state index contributed by atoms with van der Waals surface area (Å²) < 4.78 is 0. The van der Waals surface area contributed by atoms with Gasteiger partial charge in [0.15, 0.2) is 5.78 Å². The minimum atomic E-state index is -0.110. The predicted molar refractivity (Wildman–Crippen MR) is 139 cm³/mol. The third-order valence-electron chi connectivity index (χ3n) is 10.5. The second-order valence-electron chi connectivity index (χ2n) is 12.0. The summed E-state index contributed by atoms with van der Waals surface area (Å²) >= 11 is 6.55. The molecule has 7 atom stereocenters. The summed E-state index contributed by atoms with van der Waals surface area (Å²) in [5.74, 6) is 2.51. The fourth-order valence-corrected chi connectivity index (χ4v) is 9.03. The van der Waals surface area contributed by atoms with E-state index < -0.39 is 0 Å². The lowest BCUT2D eigenvalue weighted by molar-refractivity contribution is -0.130. The topological polar surface area (TPSA) is 49.7 Å². The van der Waals surface area contributed by atoms with Gasteiger partial charge >= 0.3 is 0 Å². The molecule has 6 rings (SSSR count). The van der Waals surface area contributed by atoms with Gasteiger partial charge in [0.05, 0.1) is 6.04 Å². The van der Waals surface area contributed by atoms with Crippen molar-refractivity contribution in [2.45, 2.75) is 71.8 Å². The van der Waals surface area contributed by atoms with E-state index in [-0.39, 0.29) is 28.6 Å². The van der Waals surface area contributed by atoms with E-state index in [4.69, 9.17) is 16.7 Å². The molecule has 1 amide bonds. The van der Waals surface area contributed by atoms with Gasteiger partial charge in [-0.2, -0.15) is 5.10 Å². The van der Waals surface area contributed by atoms with E-state index in [9.17, 15) is 9.59 Å². The van der Waals surface area contributed by atoms with Crippen LogP contribution in [0.5, 0.6) is 0 Å². The van der Waals surface area contributed by atoms with Gasteiger partial charge < -0.3 is 0 Å². The molecule has 1 aromatic carbocycles. The van der Waals surface area contributed by atoms with Crippen LogP contribution in [0.15, 0.2) is 53.2 Å². The Morgan fingerprint density at radius 1 is 1.11 bits per heavy atom. The second-order valence-corrected chi connectivity index (χ2v) is 12.4. The lowest BCUT2D eigenvalue weighted by Crippen LogP contribution is -2.50. The first-order chi connectivity index (χ1) is 16.7. The Morgan fingerprint density at radius 3 is 2.69 bits per heavy atom. The quantitative estimate of drug-likeness (QED) is 0.452. The first-order valence-electron chi connectivity index (χ1n) is 13.3. The summed E-state index contributed by atoms with van der Waals surface area (Å²) in [6, 6.07) is 7.75. The van der Waals surface area contributed by atoms with Gasteiger partial charge in [-0.3, -0.25) is 9.59 Å². The first-order valence-corrected chi connectivity index (χ1v) is 13.7. The van der Waals surface area contributed by atoms with Crippen LogP contribution in [0.1, 0.15) is 77.3 Å². The number of nitrogens with zero attached hydrogens (tertiary/aromatic N) is 2. The molecule has 1 heterocycles. The molecule has 184 valence electrons. The molecule has 3 fully saturated rings. The summed E-state index contributed by atoms with van der Waals surface area (Å²) in [5.41, 5.74) is 3.78. The van der Waals surface area contributed by atoms with Crippen LogP contribution in [-0.2, 0) is 9.59 Å². The number of rotatable bonds is 2. The molecule has 0 aromatic heterocycles. The van der Waals surface area contributed by atoms with Crippen molar-refractivity contribution in [1.82, 2.24) is 5.01 Å². The molecule has 0 radical (unpaired) electrons. The van der Waals surface area contributed by atoms with Gasteiger partial charge in [-0.1, -0.05) is 55.3 Å². The van der Waals surface area contributed by atoms with Gasteiger partial charge in [-0.25, -0.2) is 5.01 Å². The number of fused-ring (bicyclic) bond motifs is 5. The number of amides is 1. The van der Waals surface area contributed by atoms with Crippen molar-refractivity contribution in [3.05, 3.63) is 58.7 Å². The number of carbonyl (C=O) groups excluding carboxylic acids is 2. The standard InChI is InChI=1S/C30H35ClN2O2/c1-18(34)33-28(22-6-4-5-7-26(22)31)17-27(32-33)25-11-10-23-21-9-8-19-16-20(35)12-14-29(19,2)24(21)13-15-30(23,25)3/h4-7,12,14,16,21,23-25,28H,8-11,13,15,17H2,1-3H3/t21-,23-,24-,25+,28?,29-,30-/m0/s1. The molecule has 4 nitrogen and oxygen atoms in total. The second kappa shape index (κ2) is 8.16. The smallest absolute Gasteiger partial charge is 0.240 e. The van der Waals surface area contributed by atoms with E-state index in [1.54, 1.807) is 18.0 Å². The third kappa shape index (κ3) is 3.43. The maximum atomic E-state index is 12.6. The van der Waals surface area contributed by atoms with Crippen LogP contribution in [0.2, 0.25) is 5.02 Å². The van der Waals surface area contributed by atoms with Gasteiger partial charge in [0, 0.05) is 35.4 Å². The van der Waals surface area contributed by atoms with E-state index in [2.05, 4.69) is 19.9 Å². The Hall–Kier alpha value is -2.20. The van der Waals surface area contributed by atoms with E-state index in [1.165, 1.54) is 37.0 Å². The molecule has 5 aliphatic rings. The molecule has 0 spiro atoms. The van der Waals surface area contributed by atoms with Crippen LogP contribution < -0.4 is 0 Å². The number of hydrazone groups is 1. The van der Waals surface area contributed by atoms with Crippen molar-refractivity contribution in [2.75, 3.05) is 0 Å². The highest BCUT2D eigenvalue weighted by atomic mass is 35.5. The molecule has 4 aliphatic carbocycles. The van der Waals surface area contributed by atoms with E-state index >= 15 is 0 Å². The normalized spacial score (nSPS) is 40.1. The lowest BCUT2D eigenvalue weighted by atomic mass is 9.47. The number of hydrogen-bond donors (Lipinski definition) is 0. The molecule has 35 heavy (non-hydrogen) atoms. The van der Waals surface area contributed by atoms with Crippen molar-refractivity contribution in [2.24, 2.45) is 39.6 Å². The van der Waals surface area contributed by atoms with Crippen LogP contribution in [0.3, 0.4) is 0 Å². The largest absolute Gasteiger partial charge is 0.290 e. The Bertz CT molecular complexity index is 1180. The van der Waals surface area contributed by atoms with E-state index in [0.29, 0.717) is 28.7 Å². The Kier molecular flexibility index (Phi) is 5.41. The summed E-state index contributed by atoms with van der Waals surface area (Å²) in [5, 5.41) is 7.37. The maximum absolute atomic E-state index is 12.6. The zero-order valence-corrected chi connectivity index (χ0v) is 21.7. The predicted octanol–water partition coefficient (Wildman–Crippen LogP) is 6.91. The molecular formula is C30H35ClN2O2. The van der Waals surface area contributed by atoms with Gasteiger partial charge in [0.2, 0.25) is 5.91 Å². The number of allylic oxidation sites excluding steroid dienone is 4. The van der Waals surface area contributed by atoms with Crippen molar-refractivity contribution < 1.29 is 9.59 Å². The molecule has 5 heteroatoms. The number of hydrogen-bond acceptors (Lipinski definition) is 3. The molecule has 3 saturated carbocycles. The van der Waals surface area contributed by atoms with Crippen molar-refractivity contribution in [3.63, 3.8) is 0 Å². The maximum Gasteiger partial charge on any atom is 0.240 e. The fraction of sp³-hybridized carbons (Fsp3) is 0.567. The third-order valence-corrected chi connectivity index (χ3v) is 10.8. The van der Waals surface area contributed by atoms with Gasteiger partial charge in [-0.15, -0.1) is 0 Å². The Morgan fingerprint density at radius 2 is 1.91 bits per heavy atom. The zero-order chi connectivity index (χ0) is 24.5. The number of carbonyl (C=O) groups is 2. The van der Waals surface area contributed by atoms with Crippen LogP contribution in [-0.4, -0.2) is 22.4 Å². The van der Waals surface area contributed by atoms with Crippen molar-refractivity contribution in [3.8, 4) is 0 Å². The highest BCUT2D eigenvalue weighted by Crippen LogP contribution is 2.66. The Labute approximate surface area is 213 Å². The summed E-state index contributed by atoms with van der Waals surface area (Å²) in [6.45, 7) is 6.48. The summed E-state index contributed by atoms with van der Waals surface area (Å²) in [7, 11) is 0. The molecule has 1 aliphatic heterocycles. The molecule has 1 unspecified atom stereocenters. The highest BCUT2D eigenvalue weighted by Gasteiger charge is 2.59. The summed E-state index contributed by atoms with van der Waals surface area (Å²) in [6.07, 6.45) is 13.7.